The summed E-state index contributed by atoms with van der Waals surface area (Å²) in [6.45, 7) is 7.88. The topological polar surface area (TPSA) is 183 Å². The van der Waals surface area contributed by atoms with Crippen LogP contribution in [0.2, 0.25) is 5.02 Å². The minimum absolute atomic E-state index is 0.0126. The van der Waals surface area contributed by atoms with E-state index < -0.39 is 59.0 Å². The third kappa shape index (κ3) is 10.5. The van der Waals surface area contributed by atoms with Crippen LogP contribution in [0.25, 0.3) is 0 Å². The molecule has 1 aromatic carbocycles. The molecule has 4 atom stereocenters. The Morgan fingerprint density at radius 1 is 0.907 bits per heavy atom. The highest BCUT2D eigenvalue weighted by atomic mass is 35.5. The summed E-state index contributed by atoms with van der Waals surface area (Å²) in [5, 5.41) is 12.0. The molecule has 5 amide bonds. The number of amides is 5. The van der Waals surface area contributed by atoms with E-state index in [0.717, 1.165) is 44.9 Å². The Morgan fingerprint density at radius 3 is 2.22 bits per heavy atom. The zero-order chi connectivity index (χ0) is 39.0. The second kappa shape index (κ2) is 18.2. The maximum Gasteiger partial charge on any atom is 0.289 e. The molecule has 292 valence electrons. The van der Waals surface area contributed by atoms with Gasteiger partial charge in [0, 0.05) is 42.2 Å². The van der Waals surface area contributed by atoms with Gasteiger partial charge in [0.25, 0.3) is 11.8 Å². The van der Waals surface area contributed by atoms with E-state index in [1.54, 1.807) is 29.2 Å². The van der Waals surface area contributed by atoms with Crippen molar-refractivity contribution < 1.29 is 28.8 Å². The standard InChI is InChI=1S/C39H53ClN8O6/c1-5-9-28(32(49)37(53)43-26-14-15-26)44-35(51)30-23-47(20-21-48(30)27-16-12-25(40)13-17-27)38(54)33(39(2,3)4)46-36(52)31(24-10-7-6-8-11-24)45-34(50)29-22-41-18-19-42-29/h12-13,16-19,22,24,26,28,30-31,33H,5-11,14-15,20-21,23H2,1-4H3,(H,43,53)(H,44,51)(H,45,50)(H,46,52)/t28-,30+,31-,33+/m0/s1. The second-order valence-electron chi connectivity index (χ2n) is 15.7. The van der Waals surface area contributed by atoms with Gasteiger partial charge in [-0.1, -0.05) is 65.0 Å². The summed E-state index contributed by atoms with van der Waals surface area (Å²) in [6, 6.07) is 3.13. The number of ketones is 1. The van der Waals surface area contributed by atoms with Crippen LogP contribution in [-0.2, 0) is 24.0 Å². The zero-order valence-corrected chi connectivity index (χ0v) is 32.4. The van der Waals surface area contributed by atoms with Crippen molar-refractivity contribution in [3.63, 3.8) is 0 Å². The molecule has 0 radical (unpaired) electrons. The summed E-state index contributed by atoms with van der Waals surface area (Å²) in [4.78, 5) is 93.5. The number of nitrogens with zero attached hydrogens (tertiary/aromatic N) is 4. The van der Waals surface area contributed by atoms with Gasteiger partial charge < -0.3 is 31.1 Å². The van der Waals surface area contributed by atoms with Gasteiger partial charge in [0.15, 0.2) is 0 Å². The quantitative estimate of drug-likeness (QED) is 0.210. The Hall–Kier alpha value is -4.59. The number of carbonyl (C=O) groups is 6. The molecule has 2 aliphatic carbocycles. The van der Waals surface area contributed by atoms with Crippen molar-refractivity contribution in [2.24, 2.45) is 11.3 Å². The molecule has 2 heterocycles. The summed E-state index contributed by atoms with van der Waals surface area (Å²) < 4.78 is 0. The molecular weight excluding hydrogens is 712 g/mol. The number of benzene rings is 1. The number of anilines is 1. The molecule has 2 aromatic rings. The maximum absolute atomic E-state index is 14.5. The lowest BCUT2D eigenvalue weighted by atomic mass is 9.82. The molecule has 1 aliphatic heterocycles. The molecule has 15 heteroatoms. The van der Waals surface area contributed by atoms with Crippen LogP contribution in [0.3, 0.4) is 0 Å². The van der Waals surface area contributed by atoms with E-state index in [1.165, 1.54) is 18.6 Å². The van der Waals surface area contributed by atoms with E-state index in [4.69, 9.17) is 11.6 Å². The van der Waals surface area contributed by atoms with E-state index in [-0.39, 0.29) is 49.6 Å². The summed E-state index contributed by atoms with van der Waals surface area (Å²) in [5.41, 5.74) is 0.0346. The van der Waals surface area contributed by atoms with Crippen molar-refractivity contribution >= 4 is 52.6 Å². The molecule has 3 fully saturated rings. The van der Waals surface area contributed by atoms with E-state index in [9.17, 15) is 28.8 Å². The van der Waals surface area contributed by atoms with E-state index in [0.29, 0.717) is 17.1 Å². The monoisotopic (exact) mass is 764 g/mol. The van der Waals surface area contributed by atoms with E-state index >= 15 is 0 Å². The number of rotatable bonds is 14. The van der Waals surface area contributed by atoms with Crippen LogP contribution in [0.1, 0.15) is 96.0 Å². The number of Topliss-reactive ketones (excluding diaryl/α,β-unsaturated/α-hetero) is 1. The molecule has 0 unspecified atom stereocenters. The molecule has 3 aliphatic rings. The third-order valence-electron chi connectivity index (χ3n) is 10.4. The average Bonchev–Trinajstić information content (AvgIpc) is 3.99. The normalized spacial score (nSPS) is 19.5. The van der Waals surface area contributed by atoms with Crippen LogP contribution in [0, 0.1) is 11.3 Å². The molecule has 54 heavy (non-hydrogen) atoms. The largest absolute Gasteiger partial charge is 0.356 e. The minimum atomic E-state index is -1.03. The van der Waals surface area contributed by atoms with Gasteiger partial charge in [-0.25, -0.2) is 4.98 Å². The molecule has 2 saturated carbocycles. The van der Waals surface area contributed by atoms with Crippen LogP contribution >= 0.6 is 11.6 Å². The third-order valence-corrected chi connectivity index (χ3v) is 10.6. The number of aromatic nitrogens is 2. The number of piperazine rings is 1. The van der Waals surface area contributed by atoms with Crippen LogP contribution in [0.5, 0.6) is 0 Å². The van der Waals surface area contributed by atoms with Crippen LogP contribution in [0.4, 0.5) is 5.69 Å². The van der Waals surface area contributed by atoms with Gasteiger partial charge >= 0.3 is 0 Å². The number of hydrogen-bond acceptors (Lipinski definition) is 9. The molecule has 4 N–H and O–H groups in total. The lowest BCUT2D eigenvalue weighted by Crippen LogP contribution is -2.66. The SMILES string of the molecule is CCC[C@H](NC(=O)[C@H]1CN(C(=O)[C@@H](NC(=O)[C@@H](NC(=O)c2cnccn2)C2CCCCC2)C(C)(C)C)CCN1c1ccc(Cl)cc1)C(=O)C(=O)NC1CC1. The van der Waals surface area contributed by atoms with E-state index in [1.807, 2.05) is 32.6 Å². The van der Waals surface area contributed by atoms with Gasteiger partial charge in [-0.3, -0.25) is 33.8 Å². The fraction of sp³-hybridized carbons (Fsp3) is 0.590. The highest BCUT2D eigenvalue weighted by molar-refractivity contribution is 6.38. The first-order valence-electron chi connectivity index (χ1n) is 19.1. The van der Waals surface area contributed by atoms with Crippen molar-refractivity contribution in [3.05, 3.63) is 53.6 Å². The highest BCUT2D eigenvalue weighted by Crippen LogP contribution is 2.29. The summed E-state index contributed by atoms with van der Waals surface area (Å²) in [5.74, 6) is -3.42. The van der Waals surface area contributed by atoms with Gasteiger partial charge in [0.1, 0.15) is 23.8 Å². The molecule has 1 aromatic heterocycles. The van der Waals surface area contributed by atoms with Gasteiger partial charge in [-0.2, -0.15) is 0 Å². The summed E-state index contributed by atoms with van der Waals surface area (Å²) in [7, 11) is 0. The lowest BCUT2D eigenvalue weighted by molar-refractivity contribution is -0.142. The maximum atomic E-state index is 14.5. The smallest absolute Gasteiger partial charge is 0.289 e. The minimum Gasteiger partial charge on any atom is -0.356 e. The summed E-state index contributed by atoms with van der Waals surface area (Å²) in [6.07, 6.45) is 11.1. The fourth-order valence-corrected chi connectivity index (χ4v) is 7.30. The second-order valence-corrected chi connectivity index (χ2v) is 16.1. The molecular formula is C39H53ClN8O6. The Balaban J connectivity index is 1.37. The van der Waals surface area contributed by atoms with Crippen LogP contribution in [-0.4, -0.2) is 100 Å². The molecule has 5 rings (SSSR count). The number of carbonyl (C=O) groups excluding carboxylic acids is 6. The predicted octanol–water partition coefficient (Wildman–Crippen LogP) is 3.19. The van der Waals surface area contributed by atoms with Gasteiger partial charge in [-0.15, -0.1) is 0 Å². The first-order chi connectivity index (χ1) is 25.8. The average molecular weight is 765 g/mol. The number of halogens is 1. The Bertz CT molecular complexity index is 1660. The van der Waals surface area contributed by atoms with Gasteiger partial charge in [0.2, 0.25) is 23.5 Å². The fourth-order valence-electron chi connectivity index (χ4n) is 7.18. The Morgan fingerprint density at radius 2 is 1.61 bits per heavy atom. The Kier molecular flexibility index (Phi) is 13.6. The molecule has 14 nitrogen and oxygen atoms in total. The molecule has 0 spiro atoms. The van der Waals surface area contributed by atoms with Crippen LogP contribution in [0.15, 0.2) is 42.9 Å². The predicted molar refractivity (Wildman–Crippen MR) is 203 cm³/mol. The van der Waals surface area contributed by atoms with E-state index in [2.05, 4.69) is 31.2 Å². The number of nitrogens with one attached hydrogen (secondary N) is 4. The van der Waals surface area contributed by atoms with Crippen molar-refractivity contribution in [2.45, 2.75) is 116 Å². The molecule has 1 saturated heterocycles. The highest BCUT2D eigenvalue weighted by Gasteiger charge is 2.43. The first-order valence-corrected chi connectivity index (χ1v) is 19.5. The van der Waals surface area contributed by atoms with Crippen LogP contribution < -0.4 is 26.2 Å². The first kappa shape index (κ1) is 40.6. The summed E-state index contributed by atoms with van der Waals surface area (Å²) >= 11 is 6.18. The molecule has 0 bridgehead atoms. The van der Waals surface area contributed by atoms with Crippen molar-refractivity contribution in [1.82, 2.24) is 36.1 Å². The number of hydrogen-bond donors (Lipinski definition) is 4. The zero-order valence-electron chi connectivity index (χ0n) is 31.6. The van der Waals surface area contributed by atoms with Gasteiger partial charge in [0.05, 0.1) is 18.8 Å². The van der Waals surface area contributed by atoms with Crippen molar-refractivity contribution in [3.8, 4) is 0 Å². The van der Waals surface area contributed by atoms with Crippen molar-refractivity contribution in [1.29, 1.82) is 0 Å². The van der Waals surface area contributed by atoms with Crippen molar-refractivity contribution in [2.75, 3.05) is 24.5 Å². The van der Waals surface area contributed by atoms with Gasteiger partial charge in [-0.05, 0) is 67.7 Å². The Labute approximate surface area is 321 Å². The lowest BCUT2D eigenvalue weighted by Gasteiger charge is -2.44.